The summed E-state index contributed by atoms with van der Waals surface area (Å²) in [5, 5.41) is 19.6. The molecule has 0 aliphatic rings. The number of benzene rings is 1. The third-order valence-corrected chi connectivity index (χ3v) is 2.43. The fourth-order valence-electron chi connectivity index (χ4n) is 1.64. The highest BCUT2D eigenvalue weighted by molar-refractivity contribution is 6.02. The van der Waals surface area contributed by atoms with E-state index in [1.54, 1.807) is 18.2 Å². The van der Waals surface area contributed by atoms with E-state index >= 15 is 0 Å². The van der Waals surface area contributed by atoms with E-state index in [0.29, 0.717) is 22.9 Å². The van der Waals surface area contributed by atoms with Crippen LogP contribution in [0.3, 0.4) is 0 Å². The smallest absolute Gasteiger partial charge is 0.355 e. The zero-order chi connectivity index (χ0) is 11.7. The Morgan fingerprint density at radius 2 is 2.12 bits per heavy atom. The van der Waals surface area contributed by atoms with E-state index in [2.05, 4.69) is 4.98 Å². The molecule has 2 aromatic rings. The lowest BCUT2D eigenvalue weighted by molar-refractivity contribution is 0.0692. The molecule has 0 saturated carbocycles. The minimum absolute atomic E-state index is 0.0364. The first-order chi connectivity index (χ1) is 7.61. The number of phenolic OH excluding ortho intramolecular Hbond substituents is 1. The molecule has 82 valence electrons. The number of hydrogen-bond acceptors (Lipinski definition) is 3. The van der Waals surface area contributed by atoms with Crippen molar-refractivity contribution >= 4 is 16.7 Å². The van der Waals surface area contributed by atoms with Crippen molar-refractivity contribution in [2.75, 3.05) is 0 Å². The zero-order valence-corrected chi connectivity index (χ0v) is 8.77. The van der Waals surface area contributed by atoms with Crippen LogP contribution in [0.15, 0.2) is 24.3 Å². The number of pyridine rings is 1. The van der Waals surface area contributed by atoms with Gasteiger partial charge < -0.3 is 10.2 Å². The Bertz CT molecular complexity index is 563. The van der Waals surface area contributed by atoms with Gasteiger partial charge in [-0.3, -0.25) is 0 Å². The fraction of sp³-hybridized carbons (Fsp3) is 0.167. The van der Waals surface area contributed by atoms with E-state index in [-0.39, 0.29) is 11.4 Å². The lowest BCUT2D eigenvalue weighted by Crippen LogP contribution is -2.03. The van der Waals surface area contributed by atoms with Crippen molar-refractivity contribution in [3.8, 4) is 5.75 Å². The van der Waals surface area contributed by atoms with Crippen molar-refractivity contribution in [2.45, 2.75) is 13.3 Å². The highest BCUT2D eigenvalue weighted by Crippen LogP contribution is 2.23. The van der Waals surface area contributed by atoms with Crippen molar-refractivity contribution in [1.82, 2.24) is 4.98 Å². The molecule has 4 nitrogen and oxygen atoms in total. The highest BCUT2D eigenvalue weighted by Gasteiger charge is 2.12. The molecule has 1 aromatic heterocycles. The average molecular weight is 217 g/mol. The lowest BCUT2D eigenvalue weighted by atomic mass is 10.1. The molecule has 0 unspecified atom stereocenters. The molecular weight excluding hydrogens is 206 g/mol. The predicted octanol–water partition coefficient (Wildman–Crippen LogP) is 2.20. The normalized spacial score (nSPS) is 10.6. The molecule has 2 rings (SSSR count). The Morgan fingerprint density at radius 3 is 2.75 bits per heavy atom. The minimum Gasteiger partial charge on any atom is -0.508 e. The largest absolute Gasteiger partial charge is 0.508 e. The summed E-state index contributed by atoms with van der Waals surface area (Å²) in [5.41, 5.74) is 0.741. The number of hydrogen-bond donors (Lipinski definition) is 2. The Morgan fingerprint density at radius 1 is 1.38 bits per heavy atom. The number of fused-ring (bicyclic) bond motifs is 1. The van der Waals surface area contributed by atoms with Crippen LogP contribution in [0.5, 0.6) is 5.75 Å². The van der Waals surface area contributed by atoms with Crippen molar-refractivity contribution in [1.29, 1.82) is 0 Å². The third kappa shape index (κ3) is 1.69. The molecule has 0 saturated heterocycles. The lowest BCUT2D eigenvalue weighted by Gasteiger charge is -2.05. The van der Waals surface area contributed by atoms with Gasteiger partial charge in [0, 0.05) is 11.1 Å². The van der Waals surface area contributed by atoms with Crippen LogP contribution in [0.1, 0.15) is 23.1 Å². The standard InChI is InChI=1S/C12H11NO3/c1-2-8-5-7-6-9(14)3-4-10(7)11(13-8)12(15)16/h3-6,14H,2H2,1H3,(H,15,16). The van der Waals surface area contributed by atoms with E-state index < -0.39 is 5.97 Å². The van der Waals surface area contributed by atoms with Crippen molar-refractivity contribution in [3.05, 3.63) is 35.7 Å². The molecule has 0 aliphatic heterocycles. The Balaban J connectivity index is 2.81. The maximum atomic E-state index is 11.0. The van der Waals surface area contributed by atoms with Gasteiger partial charge in [-0.1, -0.05) is 6.92 Å². The second-order valence-corrected chi connectivity index (χ2v) is 3.53. The second kappa shape index (κ2) is 3.81. The molecule has 0 fully saturated rings. The Kier molecular flexibility index (Phi) is 2.48. The molecule has 0 spiro atoms. The SMILES string of the molecule is CCc1cc2cc(O)ccc2c(C(=O)O)n1. The molecule has 4 heteroatoms. The summed E-state index contributed by atoms with van der Waals surface area (Å²) in [6, 6.07) is 6.37. The third-order valence-electron chi connectivity index (χ3n) is 2.43. The zero-order valence-electron chi connectivity index (χ0n) is 8.77. The van der Waals surface area contributed by atoms with E-state index in [4.69, 9.17) is 5.11 Å². The van der Waals surface area contributed by atoms with E-state index in [1.807, 2.05) is 6.92 Å². The first-order valence-corrected chi connectivity index (χ1v) is 4.97. The van der Waals surface area contributed by atoms with Gasteiger partial charge in [0.2, 0.25) is 0 Å². The molecule has 0 aliphatic carbocycles. The molecule has 1 heterocycles. The number of carboxylic acid groups (broad SMARTS) is 1. The fourth-order valence-corrected chi connectivity index (χ4v) is 1.64. The van der Waals surface area contributed by atoms with Gasteiger partial charge in [-0.2, -0.15) is 0 Å². The summed E-state index contributed by atoms with van der Waals surface area (Å²) in [4.78, 5) is 15.1. The number of aromatic hydroxyl groups is 1. The number of carboxylic acids is 1. The monoisotopic (exact) mass is 217 g/mol. The van der Waals surface area contributed by atoms with Gasteiger partial charge in [0.15, 0.2) is 5.69 Å². The van der Waals surface area contributed by atoms with Gasteiger partial charge in [-0.05, 0) is 36.1 Å². The molecule has 1 aromatic carbocycles. The molecule has 0 atom stereocenters. The average Bonchev–Trinajstić information content (AvgIpc) is 2.26. The molecule has 0 amide bonds. The van der Waals surface area contributed by atoms with Gasteiger partial charge in [0.1, 0.15) is 5.75 Å². The van der Waals surface area contributed by atoms with Crippen LogP contribution >= 0.6 is 0 Å². The van der Waals surface area contributed by atoms with Gasteiger partial charge in [-0.15, -0.1) is 0 Å². The van der Waals surface area contributed by atoms with E-state index in [9.17, 15) is 9.90 Å². The summed E-state index contributed by atoms with van der Waals surface area (Å²) in [5.74, 6) is -0.928. The van der Waals surface area contributed by atoms with Crippen LogP contribution < -0.4 is 0 Å². The van der Waals surface area contributed by atoms with Crippen LogP contribution in [0, 0.1) is 0 Å². The number of phenols is 1. The van der Waals surface area contributed by atoms with Gasteiger partial charge in [-0.25, -0.2) is 9.78 Å². The Labute approximate surface area is 92.2 Å². The predicted molar refractivity (Wildman–Crippen MR) is 59.7 cm³/mol. The summed E-state index contributed by atoms with van der Waals surface area (Å²) < 4.78 is 0. The van der Waals surface area contributed by atoms with E-state index in [0.717, 1.165) is 0 Å². The Hall–Kier alpha value is -2.10. The molecular formula is C12H11NO3. The first kappa shape index (κ1) is 10.4. The molecule has 0 bridgehead atoms. The maximum absolute atomic E-state index is 11.0. The second-order valence-electron chi connectivity index (χ2n) is 3.53. The quantitative estimate of drug-likeness (QED) is 0.809. The summed E-state index contributed by atoms with van der Waals surface area (Å²) in [6.07, 6.45) is 0.659. The summed E-state index contributed by atoms with van der Waals surface area (Å²) in [6.45, 7) is 1.91. The van der Waals surface area contributed by atoms with Gasteiger partial charge >= 0.3 is 5.97 Å². The first-order valence-electron chi connectivity index (χ1n) is 4.97. The maximum Gasteiger partial charge on any atom is 0.355 e. The van der Waals surface area contributed by atoms with Crippen molar-refractivity contribution < 1.29 is 15.0 Å². The highest BCUT2D eigenvalue weighted by atomic mass is 16.4. The molecule has 2 N–H and O–H groups in total. The number of carbonyl (C=O) groups is 1. The van der Waals surface area contributed by atoms with Crippen molar-refractivity contribution in [3.63, 3.8) is 0 Å². The number of aromatic carboxylic acids is 1. The number of aryl methyl sites for hydroxylation is 1. The number of aromatic nitrogens is 1. The van der Waals surface area contributed by atoms with Crippen LogP contribution in [0.2, 0.25) is 0 Å². The van der Waals surface area contributed by atoms with Gasteiger partial charge in [0.25, 0.3) is 0 Å². The summed E-state index contributed by atoms with van der Waals surface area (Å²) >= 11 is 0. The summed E-state index contributed by atoms with van der Waals surface area (Å²) in [7, 11) is 0. The molecule has 16 heavy (non-hydrogen) atoms. The van der Waals surface area contributed by atoms with Crippen molar-refractivity contribution in [2.24, 2.45) is 0 Å². The topological polar surface area (TPSA) is 70.4 Å². The van der Waals surface area contributed by atoms with Crippen LogP contribution in [0.25, 0.3) is 10.8 Å². The van der Waals surface area contributed by atoms with E-state index in [1.165, 1.54) is 6.07 Å². The van der Waals surface area contributed by atoms with Crippen LogP contribution in [-0.4, -0.2) is 21.2 Å². The number of nitrogens with zero attached hydrogens (tertiary/aromatic N) is 1. The van der Waals surface area contributed by atoms with Gasteiger partial charge in [0.05, 0.1) is 0 Å². The molecule has 0 radical (unpaired) electrons. The number of rotatable bonds is 2. The van der Waals surface area contributed by atoms with Crippen LogP contribution in [0.4, 0.5) is 0 Å². The minimum atomic E-state index is -1.05. The van der Waals surface area contributed by atoms with Crippen LogP contribution in [-0.2, 0) is 6.42 Å².